The number of thiazole rings is 1. The van der Waals surface area contributed by atoms with E-state index >= 15 is 0 Å². The number of hydrogen-bond acceptors (Lipinski definition) is 6. The average Bonchev–Trinajstić information content (AvgIpc) is 3.35. The molecule has 2 aromatic heterocycles. The van der Waals surface area contributed by atoms with Crippen LogP contribution in [0.3, 0.4) is 0 Å². The van der Waals surface area contributed by atoms with Crippen molar-refractivity contribution in [2.24, 2.45) is 0 Å². The predicted octanol–water partition coefficient (Wildman–Crippen LogP) is 5.43. The summed E-state index contributed by atoms with van der Waals surface area (Å²) in [7, 11) is 0. The van der Waals surface area contributed by atoms with E-state index in [0.717, 1.165) is 53.5 Å². The van der Waals surface area contributed by atoms with Crippen LogP contribution in [0.2, 0.25) is 0 Å². The Morgan fingerprint density at radius 1 is 1.14 bits per heavy atom. The molecule has 1 atom stereocenters. The van der Waals surface area contributed by atoms with E-state index in [4.69, 9.17) is 4.74 Å². The number of rotatable bonds is 8. The van der Waals surface area contributed by atoms with E-state index in [-0.39, 0.29) is 24.7 Å². The first-order valence-electron chi connectivity index (χ1n) is 12.3. The van der Waals surface area contributed by atoms with Crippen LogP contribution in [-0.2, 0) is 11.3 Å². The molecule has 1 N–H and O–H groups in total. The quantitative estimate of drug-likeness (QED) is 0.334. The number of likely N-dealkylation sites (tertiary alicyclic amines) is 1. The fraction of sp³-hybridized carbons (Fsp3) is 0.321. The van der Waals surface area contributed by atoms with Crippen molar-refractivity contribution in [1.82, 2.24) is 20.2 Å². The Hall–Kier alpha value is -3.27. The van der Waals surface area contributed by atoms with Crippen LogP contribution in [0.4, 0.5) is 8.78 Å². The number of aromatic nitrogens is 2. The second-order valence-corrected chi connectivity index (χ2v) is 10.1. The van der Waals surface area contributed by atoms with Crippen LogP contribution >= 0.6 is 11.3 Å². The molecule has 1 fully saturated rings. The van der Waals surface area contributed by atoms with Gasteiger partial charge in [0.05, 0.1) is 35.5 Å². The molecule has 3 heterocycles. The third-order valence-electron chi connectivity index (χ3n) is 6.82. The van der Waals surface area contributed by atoms with Crippen molar-refractivity contribution in [3.05, 3.63) is 93.6 Å². The standard InChI is InChI=1S/C28H28F2N4O2S/c1-18-27(37-17-33-18)26(15-32-28(35)22-4-2-6-25-21(22)5-3-11-31-25)34-12-9-20(10-13-34)36-16-19-7-8-23(29)24(30)14-19/h2-8,11,14,17,20,26H,9-10,12-13,15-16H2,1H3,(H,32,35). The van der Waals surface area contributed by atoms with Crippen LogP contribution in [0.15, 0.2) is 60.2 Å². The van der Waals surface area contributed by atoms with Crippen molar-refractivity contribution in [3.8, 4) is 0 Å². The Balaban J connectivity index is 1.23. The number of carbonyl (C=O) groups excluding carboxylic acids is 1. The second kappa shape index (κ2) is 11.4. The maximum absolute atomic E-state index is 13.5. The summed E-state index contributed by atoms with van der Waals surface area (Å²) in [5.74, 6) is -1.85. The van der Waals surface area contributed by atoms with Gasteiger partial charge in [0.15, 0.2) is 11.6 Å². The van der Waals surface area contributed by atoms with Crippen LogP contribution in [0.25, 0.3) is 10.9 Å². The number of piperidine rings is 1. The molecule has 192 valence electrons. The zero-order valence-electron chi connectivity index (χ0n) is 20.5. The number of nitrogens with one attached hydrogen (secondary N) is 1. The van der Waals surface area contributed by atoms with Gasteiger partial charge in [-0.2, -0.15) is 0 Å². The van der Waals surface area contributed by atoms with Gasteiger partial charge in [0, 0.05) is 41.7 Å². The van der Waals surface area contributed by atoms with Crippen LogP contribution in [-0.4, -0.2) is 46.5 Å². The van der Waals surface area contributed by atoms with E-state index in [1.54, 1.807) is 23.6 Å². The number of nitrogens with zero attached hydrogens (tertiary/aromatic N) is 3. The molecular formula is C28H28F2N4O2S. The van der Waals surface area contributed by atoms with E-state index in [0.29, 0.717) is 17.7 Å². The topological polar surface area (TPSA) is 67.4 Å². The van der Waals surface area contributed by atoms with Gasteiger partial charge in [0.2, 0.25) is 0 Å². The monoisotopic (exact) mass is 522 g/mol. The number of amides is 1. The number of ether oxygens (including phenoxy) is 1. The molecule has 5 rings (SSSR count). The molecule has 6 nitrogen and oxygen atoms in total. The second-order valence-electron chi connectivity index (χ2n) is 9.20. The summed E-state index contributed by atoms with van der Waals surface area (Å²) in [6.07, 6.45) is 3.37. The number of fused-ring (bicyclic) bond motifs is 1. The molecule has 2 aromatic carbocycles. The van der Waals surface area contributed by atoms with Crippen molar-refractivity contribution >= 4 is 28.1 Å². The van der Waals surface area contributed by atoms with E-state index in [1.807, 2.05) is 42.8 Å². The minimum Gasteiger partial charge on any atom is -0.373 e. The van der Waals surface area contributed by atoms with Gasteiger partial charge in [-0.25, -0.2) is 13.8 Å². The summed E-state index contributed by atoms with van der Waals surface area (Å²) in [4.78, 5) is 25.5. The number of carbonyl (C=O) groups is 1. The SMILES string of the molecule is Cc1ncsc1C(CNC(=O)c1cccc2ncccc12)N1CCC(OCc2ccc(F)c(F)c2)CC1. The van der Waals surface area contributed by atoms with E-state index in [2.05, 4.69) is 20.2 Å². The number of benzene rings is 2. The number of hydrogen-bond donors (Lipinski definition) is 1. The minimum atomic E-state index is -0.861. The van der Waals surface area contributed by atoms with E-state index in [1.165, 1.54) is 6.07 Å². The Labute approximate surface area is 218 Å². The van der Waals surface area contributed by atoms with Gasteiger partial charge < -0.3 is 10.1 Å². The predicted molar refractivity (Wildman–Crippen MR) is 139 cm³/mol. The summed E-state index contributed by atoms with van der Waals surface area (Å²) in [5.41, 5.74) is 4.82. The molecule has 1 aliphatic rings. The molecular weight excluding hydrogens is 494 g/mol. The fourth-order valence-electron chi connectivity index (χ4n) is 4.80. The van der Waals surface area contributed by atoms with Gasteiger partial charge in [-0.1, -0.05) is 18.2 Å². The Kier molecular flexibility index (Phi) is 7.83. The highest BCUT2D eigenvalue weighted by Crippen LogP contribution is 2.30. The summed E-state index contributed by atoms with van der Waals surface area (Å²) in [6, 6.07) is 13.2. The van der Waals surface area contributed by atoms with Crippen molar-refractivity contribution in [2.45, 2.75) is 38.5 Å². The lowest BCUT2D eigenvalue weighted by Crippen LogP contribution is -2.43. The molecule has 0 aliphatic carbocycles. The number of aryl methyl sites for hydroxylation is 1. The highest BCUT2D eigenvalue weighted by Gasteiger charge is 2.29. The van der Waals surface area contributed by atoms with Crippen LogP contribution < -0.4 is 5.32 Å². The molecule has 1 amide bonds. The summed E-state index contributed by atoms with van der Waals surface area (Å²) >= 11 is 1.60. The number of pyridine rings is 1. The molecule has 0 spiro atoms. The van der Waals surface area contributed by atoms with Crippen LogP contribution in [0.5, 0.6) is 0 Å². The first-order valence-corrected chi connectivity index (χ1v) is 13.2. The third-order valence-corrected chi connectivity index (χ3v) is 7.85. The molecule has 0 saturated carbocycles. The summed E-state index contributed by atoms with van der Waals surface area (Å²) < 4.78 is 32.7. The third kappa shape index (κ3) is 5.84. The lowest BCUT2D eigenvalue weighted by molar-refractivity contribution is -0.0111. The molecule has 9 heteroatoms. The maximum Gasteiger partial charge on any atom is 0.252 e. The number of halogens is 2. The average molecular weight is 523 g/mol. The molecule has 37 heavy (non-hydrogen) atoms. The summed E-state index contributed by atoms with van der Waals surface area (Å²) in [5, 5.41) is 3.97. The van der Waals surface area contributed by atoms with Crippen molar-refractivity contribution in [3.63, 3.8) is 0 Å². The van der Waals surface area contributed by atoms with Crippen molar-refractivity contribution in [2.75, 3.05) is 19.6 Å². The molecule has 1 aliphatic heterocycles. The summed E-state index contributed by atoms with van der Waals surface area (Å²) in [6.45, 7) is 4.28. The minimum absolute atomic E-state index is 0.00306. The van der Waals surface area contributed by atoms with Gasteiger partial charge >= 0.3 is 0 Å². The lowest BCUT2D eigenvalue weighted by atomic mass is 10.0. The van der Waals surface area contributed by atoms with E-state index in [9.17, 15) is 13.6 Å². The zero-order valence-corrected chi connectivity index (χ0v) is 21.3. The molecule has 4 aromatic rings. The van der Waals surface area contributed by atoms with Crippen LogP contribution in [0.1, 0.15) is 45.4 Å². The van der Waals surface area contributed by atoms with Crippen molar-refractivity contribution in [1.29, 1.82) is 0 Å². The lowest BCUT2D eigenvalue weighted by Gasteiger charge is -2.37. The van der Waals surface area contributed by atoms with Gasteiger partial charge in [-0.05, 0) is 55.7 Å². The Bertz CT molecular complexity index is 1380. The molecule has 0 bridgehead atoms. The molecule has 1 unspecified atom stereocenters. The highest BCUT2D eigenvalue weighted by atomic mass is 32.1. The molecule has 0 radical (unpaired) electrons. The normalized spacial score (nSPS) is 15.6. The van der Waals surface area contributed by atoms with E-state index < -0.39 is 11.6 Å². The largest absolute Gasteiger partial charge is 0.373 e. The maximum atomic E-state index is 13.5. The first kappa shape index (κ1) is 25.4. The van der Waals surface area contributed by atoms with Gasteiger partial charge in [0.25, 0.3) is 5.91 Å². The van der Waals surface area contributed by atoms with Gasteiger partial charge in [0.1, 0.15) is 0 Å². The van der Waals surface area contributed by atoms with Gasteiger partial charge in [-0.15, -0.1) is 11.3 Å². The fourth-order valence-corrected chi connectivity index (χ4v) is 5.74. The molecule has 1 saturated heterocycles. The smallest absolute Gasteiger partial charge is 0.252 e. The van der Waals surface area contributed by atoms with Gasteiger partial charge in [-0.3, -0.25) is 14.7 Å². The Morgan fingerprint density at radius 2 is 1.97 bits per heavy atom. The highest BCUT2D eigenvalue weighted by molar-refractivity contribution is 7.09. The van der Waals surface area contributed by atoms with Crippen molar-refractivity contribution < 1.29 is 18.3 Å². The van der Waals surface area contributed by atoms with Crippen LogP contribution in [0, 0.1) is 18.6 Å². The first-order chi connectivity index (χ1) is 18.0. The Morgan fingerprint density at radius 3 is 2.73 bits per heavy atom. The zero-order chi connectivity index (χ0) is 25.8.